The maximum absolute atomic E-state index is 12.0. The number of nitrogen functional groups attached to an aromatic ring is 1. The molecule has 1 aromatic carbocycles. The molecule has 94 valence electrons. The van der Waals surface area contributed by atoms with Crippen molar-refractivity contribution in [1.29, 1.82) is 5.26 Å². The molecular weight excluding hydrogens is 230 g/mol. The number of amides is 1. The number of benzene rings is 1. The summed E-state index contributed by atoms with van der Waals surface area (Å²) in [5.74, 6) is -0.0950. The molecule has 1 aliphatic heterocycles. The van der Waals surface area contributed by atoms with E-state index in [9.17, 15) is 4.79 Å². The number of nitrogens with zero attached hydrogens (tertiary/aromatic N) is 1. The monoisotopic (exact) mass is 245 g/mol. The lowest BCUT2D eigenvalue weighted by Gasteiger charge is -2.21. The van der Waals surface area contributed by atoms with Gasteiger partial charge < -0.3 is 15.8 Å². The lowest BCUT2D eigenvalue weighted by atomic mass is 9.99. The summed E-state index contributed by atoms with van der Waals surface area (Å²) in [4.78, 5) is 12.0. The van der Waals surface area contributed by atoms with Gasteiger partial charge in [-0.1, -0.05) is 0 Å². The maximum atomic E-state index is 12.0. The Bertz CT molecular complexity index is 487. The zero-order chi connectivity index (χ0) is 13.0. The fourth-order valence-corrected chi connectivity index (χ4v) is 1.96. The number of nitrogens with two attached hydrogens (primary N) is 1. The van der Waals surface area contributed by atoms with E-state index in [2.05, 4.69) is 5.32 Å². The van der Waals surface area contributed by atoms with Gasteiger partial charge in [0.25, 0.3) is 0 Å². The number of rotatable bonds is 2. The molecule has 1 heterocycles. The minimum atomic E-state index is -0.0560. The Hall–Kier alpha value is -2.06. The van der Waals surface area contributed by atoms with E-state index in [-0.39, 0.29) is 11.8 Å². The van der Waals surface area contributed by atoms with E-state index < -0.39 is 0 Å². The average molecular weight is 245 g/mol. The Kier molecular flexibility index (Phi) is 3.80. The molecular formula is C13H15N3O2. The maximum Gasteiger partial charge on any atom is 0.227 e. The van der Waals surface area contributed by atoms with Crippen LogP contribution in [0.2, 0.25) is 0 Å². The lowest BCUT2D eigenvalue weighted by Crippen LogP contribution is -2.28. The van der Waals surface area contributed by atoms with Crippen molar-refractivity contribution in [3.8, 4) is 6.07 Å². The first kappa shape index (κ1) is 12.4. The second kappa shape index (κ2) is 5.52. The zero-order valence-electron chi connectivity index (χ0n) is 9.98. The number of hydrogen-bond acceptors (Lipinski definition) is 4. The predicted molar refractivity (Wildman–Crippen MR) is 67.7 cm³/mol. The van der Waals surface area contributed by atoms with E-state index in [0.717, 1.165) is 12.8 Å². The van der Waals surface area contributed by atoms with Gasteiger partial charge in [0.2, 0.25) is 5.91 Å². The molecule has 0 spiro atoms. The first-order valence-corrected chi connectivity index (χ1v) is 5.89. The molecule has 1 amide bonds. The Labute approximate surface area is 106 Å². The van der Waals surface area contributed by atoms with Crippen LogP contribution in [0, 0.1) is 17.2 Å². The summed E-state index contributed by atoms with van der Waals surface area (Å²) < 4.78 is 5.21. The van der Waals surface area contributed by atoms with Gasteiger partial charge in [-0.05, 0) is 31.0 Å². The van der Waals surface area contributed by atoms with Crippen molar-refractivity contribution in [2.24, 2.45) is 5.92 Å². The van der Waals surface area contributed by atoms with Crippen molar-refractivity contribution >= 4 is 17.3 Å². The van der Waals surface area contributed by atoms with Gasteiger partial charge >= 0.3 is 0 Å². The first-order valence-electron chi connectivity index (χ1n) is 5.89. The first-order chi connectivity index (χ1) is 8.70. The molecule has 3 N–H and O–H groups in total. The van der Waals surface area contributed by atoms with Crippen molar-refractivity contribution < 1.29 is 9.53 Å². The van der Waals surface area contributed by atoms with Gasteiger partial charge in [-0.2, -0.15) is 5.26 Å². The molecule has 1 aliphatic rings. The summed E-state index contributed by atoms with van der Waals surface area (Å²) in [7, 11) is 0. The van der Waals surface area contributed by atoms with Gasteiger partial charge in [0.15, 0.2) is 0 Å². The molecule has 18 heavy (non-hydrogen) atoms. The summed E-state index contributed by atoms with van der Waals surface area (Å²) >= 11 is 0. The Balaban J connectivity index is 2.09. The highest BCUT2D eigenvalue weighted by Crippen LogP contribution is 2.21. The van der Waals surface area contributed by atoms with Crippen LogP contribution in [-0.4, -0.2) is 19.1 Å². The molecule has 1 aromatic rings. The number of nitriles is 1. The molecule has 0 aliphatic carbocycles. The molecule has 0 bridgehead atoms. The summed E-state index contributed by atoms with van der Waals surface area (Å²) in [6.07, 6.45) is 1.45. The Morgan fingerprint density at radius 2 is 2.17 bits per heavy atom. The second-order valence-electron chi connectivity index (χ2n) is 4.29. The van der Waals surface area contributed by atoms with Gasteiger partial charge in [-0.25, -0.2) is 0 Å². The molecule has 5 heteroatoms. The molecule has 0 saturated carbocycles. The largest absolute Gasteiger partial charge is 0.399 e. The molecule has 0 unspecified atom stereocenters. The van der Waals surface area contributed by atoms with E-state index in [1.165, 1.54) is 0 Å². The van der Waals surface area contributed by atoms with E-state index >= 15 is 0 Å². The average Bonchev–Trinajstić information content (AvgIpc) is 2.41. The van der Waals surface area contributed by atoms with Crippen molar-refractivity contribution in [2.45, 2.75) is 12.8 Å². The molecule has 1 saturated heterocycles. The van der Waals surface area contributed by atoms with Crippen LogP contribution in [-0.2, 0) is 9.53 Å². The molecule has 5 nitrogen and oxygen atoms in total. The molecule has 1 fully saturated rings. The smallest absolute Gasteiger partial charge is 0.227 e. The van der Waals surface area contributed by atoms with Gasteiger partial charge in [-0.15, -0.1) is 0 Å². The fourth-order valence-electron chi connectivity index (χ4n) is 1.96. The van der Waals surface area contributed by atoms with Crippen molar-refractivity contribution in [3.05, 3.63) is 23.8 Å². The zero-order valence-corrected chi connectivity index (χ0v) is 9.98. The standard InChI is InChI=1S/C13H15N3O2/c14-8-10-7-11(15)1-2-12(10)16-13(17)9-3-5-18-6-4-9/h1-2,7,9H,3-6,15H2,(H,16,17). The second-order valence-corrected chi connectivity index (χ2v) is 4.29. The van der Waals surface area contributed by atoms with E-state index in [4.69, 9.17) is 15.7 Å². The number of carbonyl (C=O) groups is 1. The number of hydrogen-bond donors (Lipinski definition) is 2. The third-order valence-electron chi connectivity index (χ3n) is 3.01. The van der Waals surface area contributed by atoms with E-state index in [0.29, 0.717) is 30.2 Å². The quantitative estimate of drug-likeness (QED) is 0.773. The lowest BCUT2D eigenvalue weighted by molar-refractivity contribution is -0.122. The van der Waals surface area contributed by atoms with Gasteiger partial charge in [0, 0.05) is 24.8 Å². The molecule has 0 aromatic heterocycles. The van der Waals surface area contributed by atoms with Crippen molar-refractivity contribution in [1.82, 2.24) is 0 Å². The topological polar surface area (TPSA) is 88.1 Å². The van der Waals surface area contributed by atoms with Crippen LogP contribution in [0.25, 0.3) is 0 Å². The summed E-state index contributed by atoms with van der Waals surface area (Å²) in [6.45, 7) is 1.23. The molecule has 0 atom stereocenters. The number of carbonyl (C=O) groups excluding carboxylic acids is 1. The SMILES string of the molecule is N#Cc1cc(N)ccc1NC(=O)C1CCOCC1. The van der Waals surface area contributed by atoms with Crippen LogP contribution < -0.4 is 11.1 Å². The third kappa shape index (κ3) is 2.79. The summed E-state index contributed by atoms with van der Waals surface area (Å²) in [5, 5.41) is 11.8. The summed E-state index contributed by atoms with van der Waals surface area (Å²) in [5.41, 5.74) is 7.01. The highest BCUT2D eigenvalue weighted by molar-refractivity contribution is 5.94. The predicted octanol–water partition coefficient (Wildman–Crippen LogP) is 1.51. The Morgan fingerprint density at radius 1 is 1.44 bits per heavy atom. The third-order valence-corrected chi connectivity index (χ3v) is 3.01. The fraction of sp³-hybridized carbons (Fsp3) is 0.385. The van der Waals surface area contributed by atoms with Crippen molar-refractivity contribution in [2.75, 3.05) is 24.3 Å². The van der Waals surface area contributed by atoms with Crippen LogP contribution in [0.3, 0.4) is 0 Å². The number of anilines is 2. The summed E-state index contributed by atoms with van der Waals surface area (Å²) in [6, 6.07) is 6.91. The van der Waals surface area contributed by atoms with Crippen LogP contribution in [0.5, 0.6) is 0 Å². The number of ether oxygens (including phenoxy) is 1. The van der Waals surface area contributed by atoms with E-state index in [1.54, 1.807) is 18.2 Å². The number of nitrogens with one attached hydrogen (secondary N) is 1. The van der Waals surface area contributed by atoms with Gasteiger partial charge in [0.1, 0.15) is 6.07 Å². The normalized spacial score (nSPS) is 15.9. The van der Waals surface area contributed by atoms with E-state index in [1.807, 2.05) is 6.07 Å². The van der Waals surface area contributed by atoms with Crippen LogP contribution >= 0.6 is 0 Å². The minimum absolute atomic E-state index is 0.0390. The highest BCUT2D eigenvalue weighted by atomic mass is 16.5. The van der Waals surface area contributed by atoms with Gasteiger partial charge in [-0.3, -0.25) is 4.79 Å². The minimum Gasteiger partial charge on any atom is -0.399 e. The van der Waals surface area contributed by atoms with Crippen LogP contribution in [0.15, 0.2) is 18.2 Å². The van der Waals surface area contributed by atoms with Crippen molar-refractivity contribution in [3.63, 3.8) is 0 Å². The molecule has 2 rings (SSSR count). The van der Waals surface area contributed by atoms with Crippen LogP contribution in [0.4, 0.5) is 11.4 Å². The Morgan fingerprint density at radius 3 is 2.83 bits per heavy atom. The highest BCUT2D eigenvalue weighted by Gasteiger charge is 2.22. The van der Waals surface area contributed by atoms with Gasteiger partial charge in [0.05, 0.1) is 11.3 Å². The van der Waals surface area contributed by atoms with Crippen LogP contribution in [0.1, 0.15) is 18.4 Å². The molecule has 0 radical (unpaired) electrons.